The van der Waals surface area contributed by atoms with Crippen molar-refractivity contribution >= 4 is 11.3 Å². The summed E-state index contributed by atoms with van der Waals surface area (Å²) in [5.41, 5.74) is 8.80. The number of fused-ring (bicyclic) bond motifs is 1. The highest BCUT2D eigenvalue weighted by atomic mass is 16.5. The van der Waals surface area contributed by atoms with E-state index in [0.717, 1.165) is 11.3 Å². The fourth-order valence-corrected chi connectivity index (χ4v) is 1.76. The van der Waals surface area contributed by atoms with Crippen LogP contribution in [0.2, 0.25) is 0 Å². The smallest absolute Gasteiger partial charge is 0.136 e. The number of nitrogen functional groups attached to an aromatic ring is 1. The molecule has 15 heavy (non-hydrogen) atoms. The lowest BCUT2D eigenvalue weighted by molar-refractivity contribution is 0.439. The zero-order valence-corrected chi connectivity index (χ0v) is 9.08. The zero-order valence-electron chi connectivity index (χ0n) is 9.08. The molecule has 2 rings (SSSR count). The summed E-state index contributed by atoms with van der Waals surface area (Å²) >= 11 is 0. The highest BCUT2D eigenvalue weighted by Gasteiger charge is 2.18. The molecule has 1 aliphatic rings. The van der Waals surface area contributed by atoms with Gasteiger partial charge in [-0.3, -0.25) is 0 Å². The van der Waals surface area contributed by atoms with Gasteiger partial charge in [-0.1, -0.05) is 20.4 Å². The Bertz CT molecular complexity index is 444. The molecule has 0 amide bonds. The molecule has 1 aromatic rings. The summed E-state index contributed by atoms with van der Waals surface area (Å²) in [6.07, 6.45) is 1.99. The second-order valence-electron chi connectivity index (χ2n) is 4.08. The van der Waals surface area contributed by atoms with Gasteiger partial charge in [-0.05, 0) is 29.7 Å². The molecule has 1 aliphatic heterocycles. The standard InChI is InChI=1S/C13H15NO/c1-8(2)12-6-9(3)15-13-7-10(14)4-5-11(12)13/h4-8H,3,14H2,1-2H3. The van der Waals surface area contributed by atoms with E-state index in [0.29, 0.717) is 17.4 Å². The van der Waals surface area contributed by atoms with E-state index in [1.165, 1.54) is 5.57 Å². The molecule has 0 aliphatic carbocycles. The number of hydrogen-bond donors (Lipinski definition) is 1. The number of hydrogen-bond acceptors (Lipinski definition) is 2. The molecule has 78 valence electrons. The molecule has 2 nitrogen and oxygen atoms in total. The van der Waals surface area contributed by atoms with Gasteiger partial charge in [-0.2, -0.15) is 0 Å². The van der Waals surface area contributed by atoms with Crippen LogP contribution in [0.25, 0.3) is 5.57 Å². The first-order chi connectivity index (χ1) is 7.08. The normalized spacial score (nSPS) is 14.6. The van der Waals surface area contributed by atoms with E-state index >= 15 is 0 Å². The van der Waals surface area contributed by atoms with Gasteiger partial charge < -0.3 is 10.5 Å². The average molecular weight is 201 g/mol. The van der Waals surface area contributed by atoms with E-state index < -0.39 is 0 Å². The molecule has 0 atom stereocenters. The first kappa shape index (κ1) is 9.84. The third kappa shape index (κ3) is 1.75. The molecule has 0 saturated carbocycles. The van der Waals surface area contributed by atoms with Crippen LogP contribution in [0.1, 0.15) is 19.4 Å². The van der Waals surface area contributed by atoms with Gasteiger partial charge in [0.25, 0.3) is 0 Å². The van der Waals surface area contributed by atoms with Crippen LogP contribution in [0.3, 0.4) is 0 Å². The van der Waals surface area contributed by atoms with Crippen LogP contribution in [0.15, 0.2) is 36.6 Å². The van der Waals surface area contributed by atoms with Crippen molar-refractivity contribution in [2.75, 3.05) is 5.73 Å². The van der Waals surface area contributed by atoms with Crippen molar-refractivity contribution in [2.24, 2.45) is 5.92 Å². The SMILES string of the molecule is C=C1C=C(C(C)C)c2ccc(N)cc2O1. The van der Waals surface area contributed by atoms with Gasteiger partial charge in [-0.25, -0.2) is 0 Å². The molecular weight excluding hydrogens is 186 g/mol. The van der Waals surface area contributed by atoms with Crippen LogP contribution in [-0.4, -0.2) is 0 Å². The minimum absolute atomic E-state index is 0.452. The number of benzene rings is 1. The summed E-state index contributed by atoms with van der Waals surface area (Å²) in [6, 6.07) is 5.74. The van der Waals surface area contributed by atoms with Gasteiger partial charge in [0.15, 0.2) is 0 Å². The maximum atomic E-state index is 5.72. The Kier molecular flexibility index (Phi) is 2.27. The van der Waals surface area contributed by atoms with Gasteiger partial charge >= 0.3 is 0 Å². The summed E-state index contributed by atoms with van der Waals surface area (Å²) in [4.78, 5) is 0. The molecule has 2 heteroatoms. The summed E-state index contributed by atoms with van der Waals surface area (Å²) in [5.74, 6) is 1.94. The van der Waals surface area contributed by atoms with Crippen molar-refractivity contribution in [2.45, 2.75) is 13.8 Å². The van der Waals surface area contributed by atoms with Crippen molar-refractivity contribution in [1.29, 1.82) is 0 Å². The monoisotopic (exact) mass is 201 g/mol. The largest absolute Gasteiger partial charge is 0.457 e. The topological polar surface area (TPSA) is 35.2 Å². The quantitative estimate of drug-likeness (QED) is 0.708. The van der Waals surface area contributed by atoms with E-state index in [9.17, 15) is 0 Å². The van der Waals surface area contributed by atoms with E-state index in [2.05, 4.69) is 20.4 Å². The molecule has 0 radical (unpaired) electrons. The van der Waals surface area contributed by atoms with Crippen molar-refractivity contribution in [3.63, 3.8) is 0 Å². The average Bonchev–Trinajstić information content (AvgIpc) is 2.15. The van der Waals surface area contributed by atoms with Gasteiger partial charge in [0, 0.05) is 17.3 Å². The minimum atomic E-state index is 0.452. The third-order valence-corrected chi connectivity index (χ3v) is 2.50. The van der Waals surface area contributed by atoms with Gasteiger partial charge in [0.05, 0.1) is 0 Å². The Balaban J connectivity index is 2.56. The number of nitrogens with two attached hydrogens (primary N) is 1. The van der Waals surface area contributed by atoms with E-state index in [4.69, 9.17) is 10.5 Å². The van der Waals surface area contributed by atoms with Crippen molar-refractivity contribution in [3.8, 4) is 5.75 Å². The number of ether oxygens (including phenoxy) is 1. The second kappa shape index (κ2) is 3.46. The molecule has 1 aromatic carbocycles. The fourth-order valence-electron chi connectivity index (χ4n) is 1.76. The molecular formula is C13H15NO. The van der Waals surface area contributed by atoms with Gasteiger partial charge in [0.2, 0.25) is 0 Å². The maximum Gasteiger partial charge on any atom is 0.136 e. The number of anilines is 1. The maximum absolute atomic E-state index is 5.72. The molecule has 0 unspecified atom stereocenters. The summed E-state index contributed by atoms with van der Waals surface area (Å²) in [7, 11) is 0. The zero-order chi connectivity index (χ0) is 11.0. The first-order valence-electron chi connectivity index (χ1n) is 5.06. The highest BCUT2D eigenvalue weighted by molar-refractivity contribution is 5.77. The lowest BCUT2D eigenvalue weighted by Crippen LogP contribution is -2.06. The van der Waals surface area contributed by atoms with Crippen LogP contribution in [0, 0.1) is 5.92 Å². The summed E-state index contributed by atoms with van der Waals surface area (Å²) < 4.78 is 5.54. The molecule has 0 fully saturated rings. The van der Waals surface area contributed by atoms with Crippen molar-refractivity contribution in [1.82, 2.24) is 0 Å². The van der Waals surface area contributed by atoms with Crippen molar-refractivity contribution in [3.05, 3.63) is 42.2 Å². The number of rotatable bonds is 1. The Morgan fingerprint density at radius 1 is 1.33 bits per heavy atom. The van der Waals surface area contributed by atoms with Crippen LogP contribution in [0.4, 0.5) is 5.69 Å². The first-order valence-corrected chi connectivity index (χ1v) is 5.06. The van der Waals surface area contributed by atoms with Gasteiger partial charge in [0.1, 0.15) is 11.5 Å². The molecule has 1 heterocycles. The summed E-state index contributed by atoms with van der Waals surface area (Å²) in [6.45, 7) is 8.15. The van der Waals surface area contributed by atoms with E-state index in [1.54, 1.807) is 0 Å². The fraction of sp³-hybridized carbons (Fsp3) is 0.231. The third-order valence-electron chi connectivity index (χ3n) is 2.50. The lowest BCUT2D eigenvalue weighted by atomic mass is 9.92. The second-order valence-corrected chi connectivity index (χ2v) is 4.08. The predicted molar refractivity (Wildman–Crippen MR) is 63.4 cm³/mol. The molecule has 0 saturated heterocycles. The van der Waals surface area contributed by atoms with Crippen LogP contribution in [-0.2, 0) is 0 Å². The molecule has 2 N–H and O–H groups in total. The van der Waals surface area contributed by atoms with Crippen LogP contribution >= 0.6 is 0 Å². The molecule has 0 spiro atoms. The van der Waals surface area contributed by atoms with E-state index in [1.807, 2.05) is 24.3 Å². The predicted octanol–water partition coefficient (Wildman–Crippen LogP) is 3.21. The lowest BCUT2D eigenvalue weighted by Gasteiger charge is -2.22. The minimum Gasteiger partial charge on any atom is -0.457 e. The Labute approximate surface area is 90.1 Å². The Morgan fingerprint density at radius 3 is 2.73 bits per heavy atom. The van der Waals surface area contributed by atoms with E-state index in [-0.39, 0.29) is 0 Å². The summed E-state index contributed by atoms with van der Waals surface area (Å²) in [5, 5.41) is 0. The van der Waals surface area contributed by atoms with Gasteiger partial charge in [-0.15, -0.1) is 0 Å². The Hall–Kier alpha value is -1.70. The highest BCUT2D eigenvalue weighted by Crippen LogP contribution is 2.37. The molecule has 0 bridgehead atoms. The Morgan fingerprint density at radius 2 is 2.07 bits per heavy atom. The van der Waals surface area contributed by atoms with Crippen LogP contribution in [0.5, 0.6) is 5.75 Å². The van der Waals surface area contributed by atoms with Crippen molar-refractivity contribution < 1.29 is 4.74 Å². The van der Waals surface area contributed by atoms with Crippen LogP contribution < -0.4 is 10.5 Å². The molecule has 0 aromatic heterocycles. The number of allylic oxidation sites excluding steroid dienone is 2.